The Hall–Kier alpha value is -2.63. The van der Waals surface area contributed by atoms with Crippen LogP contribution in [-0.2, 0) is 16.1 Å². The maximum absolute atomic E-state index is 12.2. The first-order chi connectivity index (χ1) is 11.0. The second kappa shape index (κ2) is 6.24. The fourth-order valence-electron chi connectivity index (χ4n) is 2.69. The molecule has 6 nitrogen and oxygen atoms in total. The van der Waals surface area contributed by atoms with Crippen LogP contribution >= 0.6 is 0 Å². The molecule has 6 heteroatoms. The SMILES string of the molecule is Cc1nn(-c2ccccc2)c(C)c1CC(=O)NC1=NOC(C)C1. The third kappa shape index (κ3) is 3.26. The van der Waals surface area contributed by atoms with Gasteiger partial charge in [0.1, 0.15) is 6.10 Å². The van der Waals surface area contributed by atoms with Gasteiger partial charge in [-0.25, -0.2) is 4.68 Å². The van der Waals surface area contributed by atoms with E-state index in [1.807, 2.05) is 55.8 Å². The third-order valence-corrected chi connectivity index (χ3v) is 3.89. The van der Waals surface area contributed by atoms with E-state index in [1.165, 1.54) is 0 Å². The van der Waals surface area contributed by atoms with Crippen molar-refractivity contribution in [1.82, 2.24) is 15.1 Å². The van der Waals surface area contributed by atoms with Crippen LogP contribution in [-0.4, -0.2) is 27.6 Å². The van der Waals surface area contributed by atoms with E-state index in [0.717, 1.165) is 22.6 Å². The smallest absolute Gasteiger partial charge is 0.229 e. The number of hydrogen-bond acceptors (Lipinski definition) is 4. The summed E-state index contributed by atoms with van der Waals surface area (Å²) in [7, 11) is 0. The molecule has 0 bridgehead atoms. The van der Waals surface area contributed by atoms with Crippen LogP contribution < -0.4 is 5.32 Å². The quantitative estimate of drug-likeness (QED) is 0.945. The molecule has 1 amide bonds. The Morgan fingerprint density at radius 3 is 2.74 bits per heavy atom. The molecular weight excluding hydrogens is 292 g/mol. The lowest BCUT2D eigenvalue weighted by atomic mass is 10.1. The van der Waals surface area contributed by atoms with E-state index in [9.17, 15) is 4.79 Å². The largest absolute Gasteiger partial charge is 0.391 e. The summed E-state index contributed by atoms with van der Waals surface area (Å²) in [6.07, 6.45) is 0.930. The van der Waals surface area contributed by atoms with Crippen molar-refractivity contribution >= 4 is 11.7 Å². The number of rotatable bonds is 3. The first-order valence-electron chi connectivity index (χ1n) is 7.67. The summed E-state index contributed by atoms with van der Waals surface area (Å²) in [4.78, 5) is 17.3. The predicted octanol–water partition coefficient (Wildman–Crippen LogP) is 2.27. The molecule has 2 aromatic rings. The fourth-order valence-corrected chi connectivity index (χ4v) is 2.69. The molecular formula is C17H20N4O2. The Labute approximate surface area is 135 Å². The highest BCUT2D eigenvalue weighted by molar-refractivity contribution is 5.99. The number of hydrogen-bond donors (Lipinski definition) is 1. The summed E-state index contributed by atoms with van der Waals surface area (Å²) >= 11 is 0. The normalized spacial score (nSPS) is 16.8. The van der Waals surface area contributed by atoms with E-state index in [0.29, 0.717) is 12.3 Å². The topological polar surface area (TPSA) is 68.5 Å². The van der Waals surface area contributed by atoms with Gasteiger partial charge < -0.3 is 10.2 Å². The number of nitrogens with zero attached hydrogens (tertiary/aromatic N) is 3. The van der Waals surface area contributed by atoms with Gasteiger partial charge in [0.2, 0.25) is 5.91 Å². The summed E-state index contributed by atoms with van der Waals surface area (Å²) in [5.41, 5.74) is 3.77. The number of para-hydroxylation sites is 1. The minimum absolute atomic E-state index is 0.0228. The first kappa shape index (κ1) is 15.3. The molecule has 0 saturated heterocycles. The van der Waals surface area contributed by atoms with Gasteiger partial charge in [-0.3, -0.25) is 4.79 Å². The molecule has 0 fully saturated rings. The second-order valence-electron chi connectivity index (χ2n) is 5.78. The van der Waals surface area contributed by atoms with E-state index in [-0.39, 0.29) is 18.4 Å². The van der Waals surface area contributed by atoms with Crippen LogP contribution in [0.3, 0.4) is 0 Å². The summed E-state index contributed by atoms with van der Waals surface area (Å²) in [5, 5.41) is 11.2. The maximum atomic E-state index is 12.2. The van der Waals surface area contributed by atoms with E-state index in [4.69, 9.17) is 4.84 Å². The Balaban J connectivity index is 1.76. The van der Waals surface area contributed by atoms with Crippen LogP contribution in [0.4, 0.5) is 0 Å². The van der Waals surface area contributed by atoms with Gasteiger partial charge in [-0.2, -0.15) is 5.10 Å². The monoisotopic (exact) mass is 312 g/mol. The number of benzene rings is 1. The third-order valence-electron chi connectivity index (χ3n) is 3.89. The molecule has 0 saturated carbocycles. The van der Waals surface area contributed by atoms with E-state index in [2.05, 4.69) is 15.6 Å². The Bertz CT molecular complexity index is 749. The van der Waals surface area contributed by atoms with Crippen LogP contribution in [0, 0.1) is 13.8 Å². The van der Waals surface area contributed by atoms with Crippen molar-refractivity contribution in [2.24, 2.45) is 5.16 Å². The lowest BCUT2D eigenvalue weighted by Gasteiger charge is -2.06. The molecule has 1 aliphatic heterocycles. The minimum Gasteiger partial charge on any atom is -0.391 e. The first-order valence-corrected chi connectivity index (χ1v) is 7.67. The zero-order valence-corrected chi connectivity index (χ0v) is 13.5. The number of nitrogens with one attached hydrogen (secondary N) is 1. The highest BCUT2D eigenvalue weighted by Gasteiger charge is 2.20. The minimum atomic E-state index is -0.0970. The van der Waals surface area contributed by atoms with Crippen LogP contribution in [0.5, 0.6) is 0 Å². The molecule has 0 aliphatic carbocycles. The number of carbonyl (C=O) groups excluding carboxylic acids is 1. The van der Waals surface area contributed by atoms with Gasteiger partial charge in [-0.1, -0.05) is 23.4 Å². The lowest BCUT2D eigenvalue weighted by molar-refractivity contribution is -0.119. The maximum Gasteiger partial charge on any atom is 0.229 e. The molecule has 1 aliphatic rings. The van der Waals surface area contributed by atoms with Gasteiger partial charge in [-0.05, 0) is 32.9 Å². The standard InChI is InChI=1S/C17H20N4O2/c1-11-9-16(20-23-11)18-17(22)10-15-12(2)19-21(13(15)3)14-7-5-4-6-8-14/h4-8,11H,9-10H2,1-3H3,(H,18,20,22). The van der Waals surface area contributed by atoms with Crippen molar-refractivity contribution in [2.45, 2.75) is 39.7 Å². The van der Waals surface area contributed by atoms with E-state index >= 15 is 0 Å². The van der Waals surface area contributed by atoms with Crippen molar-refractivity contribution in [3.8, 4) is 5.69 Å². The van der Waals surface area contributed by atoms with Crippen LogP contribution in [0.15, 0.2) is 35.5 Å². The number of oxime groups is 1. The van der Waals surface area contributed by atoms with Crippen molar-refractivity contribution in [2.75, 3.05) is 0 Å². The summed E-state index contributed by atoms with van der Waals surface area (Å²) < 4.78 is 1.87. The Morgan fingerprint density at radius 2 is 2.09 bits per heavy atom. The number of aryl methyl sites for hydroxylation is 1. The molecule has 3 rings (SSSR count). The van der Waals surface area contributed by atoms with E-state index < -0.39 is 0 Å². The fraction of sp³-hybridized carbons (Fsp3) is 0.353. The van der Waals surface area contributed by atoms with Crippen molar-refractivity contribution in [1.29, 1.82) is 0 Å². The molecule has 1 aromatic carbocycles. The Morgan fingerprint density at radius 1 is 1.35 bits per heavy atom. The molecule has 1 aromatic heterocycles. The number of amidine groups is 1. The lowest BCUT2D eigenvalue weighted by Crippen LogP contribution is -2.31. The average Bonchev–Trinajstić information content (AvgIpc) is 3.06. The second-order valence-corrected chi connectivity index (χ2v) is 5.78. The molecule has 0 radical (unpaired) electrons. The molecule has 1 atom stereocenters. The van der Waals surface area contributed by atoms with Gasteiger partial charge in [0.05, 0.1) is 17.8 Å². The van der Waals surface area contributed by atoms with Gasteiger partial charge in [0.25, 0.3) is 0 Å². The summed E-state index contributed by atoms with van der Waals surface area (Å²) in [5.74, 6) is 0.494. The van der Waals surface area contributed by atoms with Crippen molar-refractivity contribution < 1.29 is 9.63 Å². The van der Waals surface area contributed by atoms with Gasteiger partial charge in [-0.15, -0.1) is 0 Å². The number of amides is 1. The van der Waals surface area contributed by atoms with Crippen LogP contribution in [0.25, 0.3) is 5.69 Å². The zero-order valence-electron chi connectivity index (χ0n) is 13.5. The summed E-state index contributed by atoms with van der Waals surface area (Å²) in [6.45, 7) is 5.82. The van der Waals surface area contributed by atoms with Crippen LogP contribution in [0.1, 0.15) is 30.3 Å². The van der Waals surface area contributed by atoms with Crippen molar-refractivity contribution in [3.05, 3.63) is 47.3 Å². The average molecular weight is 312 g/mol. The molecule has 1 N–H and O–H groups in total. The molecule has 1 unspecified atom stereocenters. The molecule has 23 heavy (non-hydrogen) atoms. The van der Waals surface area contributed by atoms with Gasteiger partial charge in [0.15, 0.2) is 5.84 Å². The highest BCUT2D eigenvalue weighted by atomic mass is 16.6. The highest BCUT2D eigenvalue weighted by Crippen LogP contribution is 2.18. The van der Waals surface area contributed by atoms with Gasteiger partial charge in [0, 0.05) is 17.7 Å². The zero-order chi connectivity index (χ0) is 16.4. The Kier molecular flexibility index (Phi) is 4.14. The van der Waals surface area contributed by atoms with E-state index in [1.54, 1.807) is 0 Å². The van der Waals surface area contributed by atoms with Crippen LogP contribution in [0.2, 0.25) is 0 Å². The predicted molar refractivity (Wildman–Crippen MR) is 87.5 cm³/mol. The number of carbonyl (C=O) groups is 1. The molecule has 0 spiro atoms. The van der Waals surface area contributed by atoms with Gasteiger partial charge >= 0.3 is 0 Å². The summed E-state index contributed by atoms with van der Waals surface area (Å²) in [6, 6.07) is 9.90. The van der Waals surface area contributed by atoms with Crippen molar-refractivity contribution in [3.63, 3.8) is 0 Å². The molecule has 120 valence electrons. The number of aromatic nitrogens is 2. The molecule has 2 heterocycles.